The van der Waals surface area contributed by atoms with E-state index in [1.165, 1.54) is 0 Å². The van der Waals surface area contributed by atoms with Gasteiger partial charge < -0.3 is 19.2 Å². The van der Waals surface area contributed by atoms with E-state index < -0.39 is 17.8 Å². The Hall–Kier alpha value is -3.16. The van der Waals surface area contributed by atoms with Crippen LogP contribution in [0, 0.1) is 18.8 Å². The van der Waals surface area contributed by atoms with Crippen molar-refractivity contribution < 1.29 is 24.0 Å². The average Bonchev–Trinajstić information content (AvgIpc) is 3.13. The fourth-order valence-electron chi connectivity index (χ4n) is 3.38. The van der Waals surface area contributed by atoms with Gasteiger partial charge in [-0.3, -0.25) is 5.32 Å². The van der Waals surface area contributed by atoms with E-state index >= 15 is 0 Å². The summed E-state index contributed by atoms with van der Waals surface area (Å²) in [5, 5.41) is 18.6. The van der Waals surface area contributed by atoms with Crippen LogP contribution in [0.3, 0.4) is 0 Å². The summed E-state index contributed by atoms with van der Waals surface area (Å²) in [7, 11) is 0. The first-order chi connectivity index (χ1) is 16.8. The number of carbonyl (C=O) groups excluding carboxylic acids is 2. The third-order valence-electron chi connectivity index (χ3n) is 5.42. The summed E-state index contributed by atoms with van der Waals surface area (Å²) in [4.78, 5) is 22.4. The van der Waals surface area contributed by atoms with Crippen molar-refractivity contribution in [1.82, 2.24) is 5.16 Å². The summed E-state index contributed by atoms with van der Waals surface area (Å²) < 4.78 is 11.8. The number of amides is 1. The van der Waals surface area contributed by atoms with E-state index in [9.17, 15) is 9.90 Å². The summed E-state index contributed by atoms with van der Waals surface area (Å²) in [5.74, 6) is 6.50. The molecule has 3 aromatic heterocycles. The fraction of sp³-hybridized carbons (Fsp3) is 0.240. The number of halogens is 1. The molecule has 1 fully saturated rings. The topological polar surface area (TPSA) is 102 Å². The molecule has 3 heterocycles. The summed E-state index contributed by atoms with van der Waals surface area (Å²) in [5.41, 5.74) is 0.785. The molecule has 0 saturated heterocycles. The van der Waals surface area contributed by atoms with E-state index in [2.05, 4.69) is 22.3 Å². The SMILES string of the molecule is C=O.Cc1onc(C#Cc2cc3cc(C4(O)CC4)sc3s2)c1NC(=O)OC(C)c1ccccc1Cl. The Bertz CT molecular complexity index is 1410. The molecule has 0 spiro atoms. The van der Waals surface area contributed by atoms with Crippen LogP contribution in [0.1, 0.15) is 52.6 Å². The Morgan fingerprint density at radius 3 is 2.71 bits per heavy atom. The summed E-state index contributed by atoms with van der Waals surface area (Å²) in [6.45, 7) is 5.44. The molecule has 4 aromatic rings. The number of ether oxygens (including phenoxy) is 1. The molecule has 1 atom stereocenters. The maximum absolute atomic E-state index is 12.5. The highest BCUT2D eigenvalue weighted by Gasteiger charge is 2.43. The summed E-state index contributed by atoms with van der Waals surface area (Å²) >= 11 is 9.36. The van der Waals surface area contributed by atoms with Gasteiger partial charge in [0.25, 0.3) is 0 Å². The molecular weight excluding hydrogens is 508 g/mol. The molecule has 2 N–H and O–H groups in total. The minimum atomic E-state index is -0.654. The Labute approximate surface area is 214 Å². The van der Waals surface area contributed by atoms with Gasteiger partial charge in [0.15, 0.2) is 11.5 Å². The highest BCUT2D eigenvalue weighted by Crippen LogP contribution is 2.50. The van der Waals surface area contributed by atoms with Crippen molar-refractivity contribution in [3.05, 3.63) is 68.2 Å². The first kappa shape index (κ1) is 24.9. The van der Waals surface area contributed by atoms with Gasteiger partial charge in [-0.05, 0) is 56.7 Å². The zero-order chi connectivity index (χ0) is 25.2. The molecule has 5 rings (SSSR count). The number of thiophene rings is 2. The van der Waals surface area contributed by atoms with Crippen LogP contribution in [-0.4, -0.2) is 23.1 Å². The minimum absolute atomic E-state index is 0.319. The van der Waals surface area contributed by atoms with Crippen molar-refractivity contribution in [1.29, 1.82) is 0 Å². The lowest BCUT2D eigenvalue weighted by molar-refractivity contribution is -0.0980. The summed E-state index contributed by atoms with van der Waals surface area (Å²) in [6.07, 6.45) is 0.466. The van der Waals surface area contributed by atoms with E-state index in [1.54, 1.807) is 42.6 Å². The Balaban J connectivity index is 0.00000141. The number of rotatable bonds is 4. The molecule has 1 aliphatic rings. The third-order valence-corrected chi connectivity index (χ3v) is 8.26. The van der Waals surface area contributed by atoms with Gasteiger partial charge in [0.1, 0.15) is 18.6 Å². The molecule has 1 aliphatic carbocycles. The number of anilines is 1. The number of hydrogen-bond acceptors (Lipinski definition) is 8. The quantitative estimate of drug-likeness (QED) is 0.296. The number of aryl methyl sites for hydroxylation is 1. The minimum Gasteiger partial charge on any atom is -0.441 e. The van der Waals surface area contributed by atoms with E-state index in [-0.39, 0.29) is 0 Å². The van der Waals surface area contributed by atoms with Gasteiger partial charge in [-0.25, -0.2) is 4.79 Å². The zero-order valence-corrected chi connectivity index (χ0v) is 21.3. The molecule has 0 aliphatic heterocycles. The molecule has 10 heteroatoms. The molecule has 0 bridgehead atoms. The van der Waals surface area contributed by atoms with E-state index in [0.29, 0.717) is 27.7 Å². The number of benzene rings is 1. The van der Waals surface area contributed by atoms with Crippen molar-refractivity contribution in [2.45, 2.75) is 38.4 Å². The van der Waals surface area contributed by atoms with Gasteiger partial charge in [-0.2, -0.15) is 0 Å². The first-order valence-electron chi connectivity index (χ1n) is 10.6. The summed E-state index contributed by atoms with van der Waals surface area (Å²) in [6, 6.07) is 11.2. The van der Waals surface area contributed by atoms with Crippen LogP contribution in [0.4, 0.5) is 10.5 Å². The Morgan fingerprint density at radius 2 is 2.03 bits per heavy atom. The lowest BCUT2D eigenvalue weighted by atomic mass is 10.1. The van der Waals surface area contributed by atoms with Crippen molar-refractivity contribution in [3.63, 3.8) is 0 Å². The highest BCUT2D eigenvalue weighted by atomic mass is 35.5. The molecule has 0 radical (unpaired) electrons. The molecule has 180 valence electrons. The van der Waals surface area contributed by atoms with E-state index in [1.807, 2.05) is 37.1 Å². The standard InChI is InChI=1S/C24H19ClN2O4S2.CH2O/c1-13(17-5-3-4-6-18(17)25)30-23(28)26-21-14(2)31-27-19(21)8-7-16-11-15-12-20(24(29)9-10-24)33-22(15)32-16;1-2/h3-6,11-13,29H,9-10H2,1-2H3,(H,26,28);1H2. The zero-order valence-electron chi connectivity index (χ0n) is 18.9. The third kappa shape index (κ3) is 5.41. The number of aliphatic hydroxyl groups is 1. The largest absolute Gasteiger partial charge is 0.441 e. The first-order valence-corrected chi connectivity index (χ1v) is 12.6. The average molecular weight is 529 g/mol. The molecular formula is C25H21ClN2O5S2. The Morgan fingerprint density at radius 1 is 1.29 bits per heavy atom. The normalized spacial score (nSPS) is 14.3. The number of fused-ring (bicyclic) bond motifs is 1. The Kier molecular flexibility index (Phi) is 7.28. The van der Waals surface area contributed by atoms with Crippen LogP contribution in [0.2, 0.25) is 5.02 Å². The van der Waals surface area contributed by atoms with Gasteiger partial charge in [-0.15, -0.1) is 22.7 Å². The van der Waals surface area contributed by atoms with Crippen LogP contribution in [0.25, 0.3) is 9.40 Å². The van der Waals surface area contributed by atoms with Gasteiger partial charge >= 0.3 is 6.09 Å². The molecule has 35 heavy (non-hydrogen) atoms. The van der Waals surface area contributed by atoms with Gasteiger partial charge in [0.05, 0.1) is 14.5 Å². The van der Waals surface area contributed by atoms with Crippen LogP contribution in [0.5, 0.6) is 0 Å². The predicted molar refractivity (Wildman–Crippen MR) is 137 cm³/mol. The second kappa shape index (κ2) is 10.2. The molecule has 1 saturated carbocycles. The van der Waals surface area contributed by atoms with Gasteiger partial charge in [0.2, 0.25) is 0 Å². The van der Waals surface area contributed by atoms with Crippen LogP contribution < -0.4 is 5.32 Å². The number of aromatic nitrogens is 1. The van der Waals surface area contributed by atoms with Crippen molar-refractivity contribution in [2.75, 3.05) is 5.32 Å². The monoisotopic (exact) mass is 528 g/mol. The van der Waals surface area contributed by atoms with Crippen LogP contribution in [0.15, 0.2) is 40.9 Å². The maximum atomic E-state index is 12.5. The number of carbonyl (C=O) groups is 2. The van der Waals surface area contributed by atoms with Crippen LogP contribution >= 0.6 is 34.3 Å². The van der Waals surface area contributed by atoms with Crippen molar-refractivity contribution in [3.8, 4) is 11.8 Å². The fourth-order valence-corrected chi connectivity index (χ4v) is 6.11. The van der Waals surface area contributed by atoms with Gasteiger partial charge in [0, 0.05) is 20.8 Å². The molecule has 1 aromatic carbocycles. The predicted octanol–water partition coefficient (Wildman–Crippen LogP) is 6.42. The van der Waals surface area contributed by atoms with E-state index in [4.69, 9.17) is 25.7 Å². The highest BCUT2D eigenvalue weighted by molar-refractivity contribution is 7.38. The number of hydrogen-bond donors (Lipinski definition) is 2. The van der Waals surface area contributed by atoms with Crippen molar-refractivity contribution in [2.24, 2.45) is 0 Å². The second-order valence-electron chi connectivity index (χ2n) is 7.90. The number of nitrogens with one attached hydrogen (secondary N) is 1. The molecule has 7 nitrogen and oxygen atoms in total. The smallest absolute Gasteiger partial charge is 0.412 e. The molecule has 1 unspecified atom stereocenters. The second-order valence-corrected chi connectivity index (χ2v) is 10.7. The lowest BCUT2D eigenvalue weighted by Crippen LogP contribution is -2.17. The molecule has 1 amide bonds. The number of nitrogens with zero attached hydrogens (tertiary/aromatic N) is 1. The van der Waals surface area contributed by atoms with Crippen molar-refractivity contribution >= 4 is 62.2 Å². The maximum Gasteiger partial charge on any atom is 0.412 e. The van der Waals surface area contributed by atoms with Crippen LogP contribution in [-0.2, 0) is 15.1 Å². The lowest BCUT2D eigenvalue weighted by Gasteiger charge is -2.15. The van der Waals surface area contributed by atoms with Gasteiger partial charge in [-0.1, -0.05) is 35.0 Å². The van der Waals surface area contributed by atoms with E-state index in [0.717, 1.165) is 32.0 Å².